The minimum atomic E-state index is -0.336. The van der Waals surface area contributed by atoms with Gasteiger partial charge in [0, 0.05) is 17.7 Å². The number of hydrogen-bond acceptors (Lipinski definition) is 3. The first-order valence-electron chi connectivity index (χ1n) is 8.93. The van der Waals surface area contributed by atoms with Crippen molar-refractivity contribution in [3.8, 4) is 0 Å². The molecule has 5 nitrogen and oxygen atoms in total. The Balaban J connectivity index is 1.94. The maximum atomic E-state index is 12.2. The number of rotatable bonds is 6. The van der Waals surface area contributed by atoms with Crippen molar-refractivity contribution in [2.45, 2.75) is 34.2 Å². The van der Waals surface area contributed by atoms with Crippen LogP contribution in [0.1, 0.15) is 51.3 Å². The summed E-state index contributed by atoms with van der Waals surface area (Å²) in [5.41, 5.74) is 9.12. The van der Waals surface area contributed by atoms with Crippen molar-refractivity contribution >= 4 is 11.8 Å². The first kappa shape index (κ1) is 19.7. The quantitative estimate of drug-likeness (QED) is 0.784. The van der Waals surface area contributed by atoms with Gasteiger partial charge < -0.3 is 0 Å². The summed E-state index contributed by atoms with van der Waals surface area (Å²) in [6.45, 7) is 10.9. The van der Waals surface area contributed by atoms with Crippen LogP contribution >= 0.6 is 0 Å². The molecule has 2 aromatic rings. The lowest BCUT2D eigenvalue weighted by Gasteiger charge is -2.18. The van der Waals surface area contributed by atoms with Gasteiger partial charge in [0.15, 0.2) is 0 Å². The number of benzene rings is 2. The molecule has 0 fully saturated rings. The van der Waals surface area contributed by atoms with Crippen LogP contribution < -0.4 is 10.9 Å². The Labute approximate surface area is 155 Å². The smallest absolute Gasteiger partial charge is 0.269 e. The predicted molar refractivity (Wildman–Crippen MR) is 104 cm³/mol. The first-order chi connectivity index (χ1) is 12.4. The molecule has 0 unspecified atom stereocenters. The Morgan fingerprint density at radius 1 is 0.885 bits per heavy atom. The summed E-state index contributed by atoms with van der Waals surface area (Å²) in [6, 6.07) is 13.0. The summed E-state index contributed by atoms with van der Waals surface area (Å²) < 4.78 is 0. The molecule has 2 aromatic carbocycles. The van der Waals surface area contributed by atoms with Gasteiger partial charge in [-0.05, 0) is 56.3 Å². The molecule has 0 atom stereocenters. The highest BCUT2D eigenvalue weighted by molar-refractivity contribution is 5.99. The Morgan fingerprint density at radius 3 is 2.08 bits per heavy atom. The van der Waals surface area contributed by atoms with Gasteiger partial charge in [0.05, 0.1) is 0 Å². The van der Waals surface area contributed by atoms with Crippen LogP contribution in [-0.2, 0) is 6.54 Å². The van der Waals surface area contributed by atoms with Gasteiger partial charge in [-0.2, -0.15) is 0 Å². The second-order valence-electron chi connectivity index (χ2n) is 6.38. The highest BCUT2D eigenvalue weighted by atomic mass is 16.2. The fraction of sp³-hybridized carbons (Fsp3) is 0.333. The molecule has 0 aliphatic rings. The Kier molecular flexibility index (Phi) is 6.92. The van der Waals surface area contributed by atoms with Crippen LogP contribution in [0.3, 0.4) is 0 Å². The number of nitrogens with one attached hydrogen (secondary N) is 2. The van der Waals surface area contributed by atoms with E-state index in [9.17, 15) is 9.59 Å². The minimum Gasteiger partial charge on any atom is -0.300 e. The van der Waals surface area contributed by atoms with Crippen LogP contribution in [0.15, 0.2) is 42.5 Å². The van der Waals surface area contributed by atoms with Crippen molar-refractivity contribution in [3.05, 3.63) is 70.3 Å². The largest absolute Gasteiger partial charge is 0.300 e. The molecule has 0 aliphatic heterocycles. The van der Waals surface area contributed by atoms with Crippen molar-refractivity contribution in [1.29, 1.82) is 0 Å². The Bertz CT molecular complexity index is 765. The zero-order valence-electron chi connectivity index (χ0n) is 15.9. The number of nitrogens with zero attached hydrogens (tertiary/aromatic N) is 1. The monoisotopic (exact) mass is 353 g/mol. The number of amides is 2. The fourth-order valence-corrected chi connectivity index (χ4v) is 2.79. The average molecular weight is 353 g/mol. The van der Waals surface area contributed by atoms with Crippen LogP contribution in [0.4, 0.5) is 0 Å². The van der Waals surface area contributed by atoms with Gasteiger partial charge in [-0.1, -0.05) is 43.7 Å². The van der Waals surface area contributed by atoms with Crippen LogP contribution in [0.25, 0.3) is 0 Å². The maximum absolute atomic E-state index is 12.2. The Hall–Kier alpha value is -2.66. The molecule has 0 saturated heterocycles. The third kappa shape index (κ3) is 5.17. The molecule has 0 bridgehead atoms. The van der Waals surface area contributed by atoms with Crippen LogP contribution in [0, 0.1) is 13.8 Å². The molecule has 2 N–H and O–H groups in total. The van der Waals surface area contributed by atoms with E-state index in [0.717, 1.165) is 36.3 Å². The van der Waals surface area contributed by atoms with E-state index in [0.29, 0.717) is 11.1 Å². The molecule has 0 saturated carbocycles. The molecule has 0 radical (unpaired) electrons. The van der Waals surface area contributed by atoms with Crippen molar-refractivity contribution in [1.82, 2.24) is 15.8 Å². The lowest BCUT2D eigenvalue weighted by molar-refractivity contribution is 0.0846. The predicted octanol–water partition coefficient (Wildman–Crippen LogP) is 3.22. The number of hydrogen-bond donors (Lipinski definition) is 2. The van der Waals surface area contributed by atoms with E-state index < -0.39 is 0 Å². The molecule has 0 aliphatic carbocycles. The molecule has 138 valence electrons. The van der Waals surface area contributed by atoms with E-state index in [1.54, 1.807) is 18.2 Å². The maximum Gasteiger partial charge on any atom is 0.269 e. The second kappa shape index (κ2) is 9.15. The fourth-order valence-electron chi connectivity index (χ4n) is 2.79. The summed E-state index contributed by atoms with van der Waals surface area (Å²) in [5.74, 6) is -0.661. The van der Waals surface area contributed by atoms with Crippen molar-refractivity contribution in [3.63, 3.8) is 0 Å². The van der Waals surface area contributed by atoms with E-state index in [-0.39, 0.29) is 11.8 Å². The van der Waals surface area contributed by atoms with Crippen LogP contribution in [0.2, 0.25) is 0 Å². The molecule has 26 heavy (non-hydrogen) atoms. The minimum absolute atomic E-state index is 0.325. The molecule has 5 heteroatoms. The number of carbonyl (C=O) groups is 2. The van der Waals surface area contributed by atoms with Gasteiger partial charge >= 0.3 is 0 Å². The number of aryl methyl sites for hydroxylation is 2. The van der Waals surface area contributed by atoms with E-state index in [4.69, 9.17) is 0 Å². The summed E-state index contributed by atoms with van der Waals surface area (Å²) in [7, 11) is 0. The third-order valence-corrected chi connectivity index (χ3v) is 4.43. The first-order valence-corrected chi connectivity index (χ1v) is 8.93. The highest BCUT2D eigenvalue weighted by Crippen LogP contribution is 2.10. The van der Waals surface area contributed by atoms with Gasteiger partial charge in [-0.3, -0.25) is 25.3 Å². The topological polar surface area (TPSA) is 61.4 Å². The summed E-state index contributed by atoms with van der Waals surface area (Å²) in [4.78, 5) is 26.8. The van der Waals surface area contributed by atoms with Gasteiger partial charge in [0.2, 0.25) is 0 Å². The van der Waals surface area contributed by atoms with Gasteiger partial charge in [-0.15, -0.1) is 0 Å². The zero-order chi connectivity index (χ0) is 19.1. The molecule has 2 amide bonds. The molecule has 0 spiro atoms. The van der Waals surface area contributed by atoms with E-state index in [1.165, 1.54) is 0 Å². The lowest BCUT2D eigenvalue weighted by atomic mass is 10.1. The van der Waals surface area contributed by atoms with E-state index in [2.05, 4.69) is 29.6 Å². The van der Waals surface area contributed by atoms with Crippen LogP contribution in [0.5, 0.6) is 0 Å². The summed E-state index contributed by atoms with van der Waals surface area (Å²) in [6.07, 6.45) is 0. The molecule has 0 heterocycles. The van der Waals surface area contributed by atoms with Crippen molar-refractivity contribution < 1.29 is 9.59 Å². The second-order valence-corrected chi connectivity index (χ2v) is 6.38. The van der Waals surface area contributed by atoms with Gasteiger partial charge in [0.1, 0.15) is 0 Å². The van der Waals surface area contributed by atoms with E-state index >= 15 is 0 Å². The third-order valence-electron chi connectivity index (χ3n) is 4.43. The highest BCUT2D eigenvalue weighted by Gasteiger charge is 2.11. The van der Waals surface area contributed by atoms with Crippen LogP contribution in [-0.4, -0.2) is 29.8 Å². The van der Waals surface area contributed by atoms with E-state index in [1.807, 2.05) is 38.1 Å². The SMILES string of the molecule is CCN(CC)Cc1ccc(C(=O)NNC(=O)c2ccc(C)cc2C)cc1. The van der Waals surface area contributed by atoms with Gasteiger partial charge in [0.25, 0.3) is 11.8 Å². The molecule has 2 rings (SSSR count). The zero-order valence-corrected chi connectivity index (χ0v) is 15.9. The molecule has 0 aromatic heterocycles. The number of hydrazine groups is 1. The lowest BCUT2D eigenvalue weighted by Crippen LogP contribution is -2.41. The number of carbonyl (C=O) groups excluding carboxylic acids is 2. The normalized spacial score (nSPS) is 10.7. The summed E-state index contributed by atoms with van der Waals surface area (Å²) in [5, 5.41) is 0. The van der Waals surface area contributed by atoms with Gasteiger partial charge in [-0.25, -0.2) is 0 Å². The van der Waals surface area contributed by atoms with Crippen molar-refractivity contribution in [2.24, 2.45) is 0 Å². The molecular formula is C21H27N3O2. The van der Waals surface area contributed by atoms with Crippen molar-refractivity contribution in [2.75, 3.05) is 13.1 Å². The average Bonchev–Trinajstić information content (AvgIpc) is 2.64. The standard InChI is InChI=1S/C21H27N3O2/c1-5-24(6-2)14-17-8-10-18(11-9-17)20(25)22-23-21(26)19-12-7-15(3)13-16(19)4/h7-13H,5-6,14H2,1-4H3,(H,22,25)(H,23,26). The Morgan fingerprint density at radius 2 is 1.50 bits per heavy atom. The molecular weight excluding hydrogens is 326 g/mol. The summed E-state index contributed by atoms with van der Waals surface area (Å²) >= 11 is 0.